The van der Waals surface area contributed by atoms with E-state index in [4.69, 9.17) is 19.2 Å². The van der Waals surface area contributed by atoms with E-state index in [-0.39, 0.29) is 19.3 Å². The van der Waals surface area contributed by atoms with E-state index < -0.39 is 10.4 Å². The van der Waals surface area contributed by atoms with Crippen LogP contribution in [0, 0.1) is 0 Å². The zero-order valence-corrected chi connectivity index (χ0v) is 23.7. The first-order chi connectivity index (χ1) is 16.4. The van der Waals surface area contributed by atoms with Gasteiger partial charge in [-0.1, -0.05) is 129 Å². The third-order valence-electron chi connectivity index (χ3n) is 5.79. The van der Waals surface area contributed by atoms with E-state index in [1.165, 1.54) is 89.9 Å². The van der Waals surface area contributed by atoms with E-state index in [2.05, 4.69) is 13.8 Å². The molecule has 6 nitrogen and oxygen atoms in total. The molecule has 0 aromatic rings. The summed E-state index contributed by atoms with van der Waals surface area (Å²) in [6.07, 6.45) is 24.1. The summed E-state index contributed by atoms with van der Waals surface area (Å²) >= 11 is 0. The maximum Gasteiger partial charge on any atom is 0.399 e. The quantitative estimate of drug-likeness (QED) is 0.124. The van der Waals surface area contributed by atoms with E-state index in [1.54, 1.807) is 6.92 Å². The van der Waals surface area contributed by atoms with Gasteiger partial charge in [-0.05, 0) is 19.8 Å². The molecule has 0 rings (SSSR count). The molecule has 0 saturated heterocycles. The lowest BCUT2D eigenvalue weighted by atomic mass is 10.1. The lowest BCUT2D eigenvalue weighted by molar-refractivity contribution is 0.203. The fraction of sp³-hybridized carbons (Fsp3) is 1.00. The van der Waals surface area contributed by atoms with Gasteiger partial charge in [-0.2, -0.15) is 8.42 Å². The van der Waals surface area contributed by atoms with Gasteiger partial charge < -0.3 is 10.8 Å². The van der Waals surface area contributed by atoms with Gasteiger partial charge in [0.15, 0.2) is 0 Å². The summed E-state index contributed by atoms with van der Waals surface area (Å²) in [5.74, 6) is 0. The van der Waals surface area contributed by atoms with Crippen LogP contribution >= 0.6 is 0 Å². The van der Waals surface area contributed by atoms with Crippen molar-refractivity contribution in [3.63, 3.8) is 0 Å². The Labute approximate surface area is 213 Å². The zero-order chi connectivity index (χ0) is 25.8. The molecule has 0 aliphatic rings. The predicted octanol–water partition coefficient (Wildman–Crippen LogP) is 7.43. The first-order valence-corrected chi connectivity index (χ1v) is 15.6. The van der Waals surface area contributed by atoms with Gasteiger partial charge in [0.05, 0.1) is 19.3 Å². The highest BCUT2D eigenvalue weighted by atomic mass is 32.3. The van der Waals surface area contributed by atoms with Gasteiger partial charge >= 0.3 is 10.4 Å². The van der Waals surface area contributed by atoms with Crippen LogP contribution in [0.25, 0.3) is 0 Å². The van der Waals surface area contributed by atoms with Gasteiger partial charge in [0, 0.05) is 6.54 Å². The second kappa shape index (κ2) is 29.0. The Balaban J connectivity index is 0. The summed E-state index contributed by atoms with van der Waals surface area (Å²) < 4.78 is 33.3. The number of aliphatic hydroxyl groups excluding tert-OH is 1. The van der Waals surface area contributed by atoms with Crippen LogP contribution in [0.15, 0.2) is 0 Å². The molecule has 34 heavy (non-hydrogen) atoms. The molecule has 0 fully saturated rings. The second-order valence-electron chi connectivity index (χ2n) is 9.50. The topological polar surface area (TPSA) is 98.9 Å². The first-order valence-electron chi connectivity index (χ1n) is 14.3. The van der Waals surface area contributed by atoms with E-state index in [9.17, 15) is 8.42 Å². The van der Waals surface area contributed by atoms with Crippen molar-refractivity contribution in [1.29, 1.82) is 0 Å². The summed E-state index contributed by atoms with van der Waals surface area (Å²) in [5.41, 5.74) is 4.92. The number of aliphatic hydroxyl groups is 1. The minimum atomic E-state index is -3.80. The van der Waals surface area contributed by atoms with Crippen molar-refractivity contribution >= 4 is 10.4 Å². The molecule has 0 bridgehead atoms. The van der Waals surface area contributed by atoms with Gasteiger partial charge in [-0.3, -0.25) is 0 Å². The molecule has 0 spiro atoms. The van der Waals surface area contributed by atoms with Crippen LogP contribution in [0.2, 0.25) is 0 Å². The highest BCUT2D eigenvalue weighted by molar-refractivity contribution is 7.81. The molecular formula is C27H59NO5S. The van der Waals surface area contributed by atoms with E-state index in [0.717, 1.165) is 38.5 Å². The van der Waals surface area contributed by atoms with Crippen molar-refractivity contribution in [3.05, 3.63) is 0 Å². The number of hydrogen-bond donors (Lipinski definition) is 2. The Hall–Kier alpha value is -0.210. The minimum absolute atomic E-state index is 0.247. The third kappa shape index (κ3) is 34.0. The average molecular weight is 510 g/mol. The summed E-state index contributed by atoms with van der Waals surface area (Å²) in [6.45, 7) is 6.99. The molecule has 0 saturated carbocycles. The van der Waals surface area contributed by atoms with Crippen LogP contribution in [-0.4, -0.2) is 39.4 Å². The molecule has 0 aliphatic carbocycles. The van der Waals surface area contributed by atoms with Gasteiger partial charge in [0.25, 0.3) is 0 Å². The predicted molar refractivity (Wildman–Crippen MR) is 145 cm³/mol. The lowest BCUT2D eigenvalue weighted by Crippen LogP contribution is -2.14. The number of rotatable bonds is 25. The van der Waals surface area contributed by atoms with Crippen LogP contribution in [0.1, 0.15) is 149 Å². The molecule has 0 aliphatic heterocycles. The van der Waals surface area contributed by atoms with Crippen LogP contribution in [0.3, 0.4) is 0 Å². The van der Waals surface area contributed by atoms with Crippen molar-refractivity contribution in [2.75, 3.05) is 19.8 Å². The van der Waals surface area contributed by atoms with E-state index in [0.29, 0.717) is 6.54 Å². The minimum Gasteiger partial charge on any atom is -0.392 e. The number of nitrogens with two attached hydrogens (primary N) is 1. The Bertz CT molecular complexity index is 440. The fourth-order valence-electron chi connectivity index (χ4n) is 3.53. The van der Waals surface area contributed by atoms with Crippen molar-refractivity contribution in [3.8, 4) is 0 Å². The van der Waals surface area contributed by atoms with Crippen LogP contribution in [0.5, 0.6) is 0 Å². The van der Waals surface area contributed by atoms with Gasteiger partial charge in [0.1, 0.15) is 0 Å². The maximum atomic E-state index is 11.7. The molecule has 0 aromatic carbocycles. The Kier molecular flexibility index (Phi) is 30.7. The van der Waals surface area contributed by atoms with Crippen LogP contribution in [-0.2, 0) is 18.8 Å². The largest absolute Gasteiger partial charge is 0.399 e. The smallest absolute Gasteiger partial charge is 0.392 e. The SMILES string of the molecule is CC(O)CN.CCCCCCCCCCCCOS(=O)(=O)OCCCCCCCCCCCC. The molecule has 208 valence electrons. The summed E-state index contributed by atoms with van der Waals surface area (Å²) in [4.78, 5) is 0. The molecule has 0 radical (unpaired) electrons. The molecule has 0 aromatic heterocycles. The highest BCUT2D eigenvalue weighted by Crippen LogP contribution is 2.12. The Morgan fingerprint density at radius 3 is 1.06 bits per heavy atom. The van der Waals surface area contributed by atoms with Gasteiger partial charge in [-0.15, -0.1) is 0 Å². The molecule has 7 heteroatoms. The summed E-state index contributed by atoms with van der Waals surface area (Å²) in [5, 5.41) is 8.24. The fourth-order valence-corrected chi connectivity index (χ4v) is 4.25. The van der Waals surface area contributed by atoms with Crippen molar-refractivity contribution in [2.45, 2.75) is 155 Å². The molecule has 0 heterocycles. The third-order valence-corrected chi connectivity index (χ3v) is 6.70. The van der Waals surface area contributed by atoms with E-state index >= 15 is 0 Å². The molecule has 1 unspecified atom stereocenters. The van der Waals surface area contributed by atoms with Crippen molar-refractivity contribution in [1.82, 2.24) is 0 Å². The monoisotopic (exact) mass is 509 g/mol. The number of hydrogen-bond acceptors (Lipinski definition) is 6. The summed E-state index contributed by atoms with van der Waals surface area (Å²) in [7, 11) is -3.80. The van der Waals surface area contributed by atoms with Crippen LogP contribution < -0.4 is 5.73 Å². The molecule has 1 atom stereocenters. The highest BCUT2D eigenvalue weighted by Gasteiger charge is 2.11. The van der Waals surface area contributed by atoms with Crippen molar-refractivity contribution < 1.29 is 21.9 Å². The molecular weight excluding hydrogens is 450 g/mol. The Morgan fingerprint density at radius 1 is 0.588 bits per heavy atom. The maximum absolute atomic E-state index is 11.7. The molecule has 3 N–H and O–H groups in total. The van der Waals surface area contributed by atoms with Gasteiger partial charge in [0.2, 0.25) is 0 Å². The summed E-state index contributed by atoms with van der Waals surface area (Å²) in [6, 6.07) is 0. The Morgan fingerprint density at radius 2 is 0.824 bits per heavy atom. The molecule has 0 amide bonds. The van der Waals surface area contributed by atoms with Crippen LogP contribution in [0.4, 0.5) is 0 Å². The zero-order valence-electron chi connectivity index (χ0n) is 22.9. The first kappa shape index (κ1) is 35.9. The van der Waals surface area contributed by atoms with E-state index in [1.807, 2.05) is 0 Å². The number of unbranched alkanes of at least 4 members (excludes halogenated alkanes) is 18. The van der Waals surface area contributed by atoms with Gasteiger partial charge in [-0.25, -0.2) is 8.37 Å². The second-order valence-corrected chi connectivity index (χ2v) is 10.8. The standard InChI is InChI=1S/C24H50O4S.C3H9NO/c1-3-5-7-9-11-13-15-17-19-21-23-27-29(25,26)28-24-22-20-18-16-14-12-10-8-6-4-2;1-3(5)2-4/h3-24H2,1-2H3;3,5H,2,4H2,1H3. The average Bonchev–Trinajstić information content (AvgIpc) is 2.81. The normalized spacial score (nSPS) is 12.4. The van der Waals surface area contributed by atoms with Crippen molar-refractivity contribution in [2.24, 2.45) is 5.73 Å². The lowest BCUT2D eigenvalue weighted by Gasteiger charge is -2.06.